The average molecular weight is 550 g/mol. The highest BCUT2D eigenvalue weighted by Crippen LogP contribution is 2.33. The normalized spacial score (nSPS) is 17.1. The van der Waals surface area contributed by atoms with Gasteiger partial charge in [0.05, 0.1) is 10.6 Å². The highest BCUT2D eigenvalue weighted by molar-refractivity contribution is 7.92. The van der Waals surface area contributed by atoms with E-state index in [1.807, 2.05) is 47.4 Å². The summed E-state index contributed by atoms with van der Waals surface area (Å²) in [4.78, 5) is 17.1. The average Bonchev–Trinajstić information content (AvgIpc) is 3.44. The summed E-state index contributed by atoms with van der Waals surface area (Å²) in [6.45, 7) is 4.21. The molecule has 10 heteroatoms. The van der Waals surface area contributed by atoms with Crippen LogP contribution in [0.25, 0.3) is 0 Å². The molecule has 0 bridgehead atoms. The van der Waals surface area contributed by atoms with Crippen molar-refractivity contribution in [3.05, 3.63) is 77.9 Å². The molecule has 3 aromatic carbocycles. The molecular formula is C29H31N3O6S. The number of aryl methyl sites for hydroxylation is 1. The molecule has 0 atom stereocenters. The standard InChI is InChI=1S/C29H31N3O6S/c33-29(31-16-14-30(15-17-31)19-22-7-12-27-28(18-22)38-21-37-27)20-36-24-8-10-25(11-9-24)39(34,35)32-13-3-5-23-4-1-2-6-26(23)32/h1-2,4,6-12,18H,3,5,13-17,19-21H2. The number of fused-ring (bicyclic) bond motifs is 2. The lowest BCUT2D eigenvalue weighted by atomic mass is 10.0. The highest BCUT2D eigenvalue weighted by Gasteiger charge is 2.29. The van der Waals surface area contributed by atoms with Crippen LogP contribution in [0.5, 0.6) is 17.2 Å². The Bertz CT molecular complexity index is 1450. The fraction of sp³-hybridized carbons (Fsp3) is 0.345. The maximum absolute atomic E-state index is 13.3. The zero-order valence-electron chi connectivity index (χ0n) is 21.6. The fourth-order valence-electron chi connectivity index (χ4n) is 5.27. The van der Waals surface area contributed by atoms with Gasteiger partial charge in [-0.2, -0.15) is 0 Å². The maximum Gasteiger partial charge on any atom is 0.264 e. The third kappa shape index (κ3) is 5.39. The number of piperazine rings is 1. The van der Waals surface area contributed by atoms with E-state index in [2.05, 4.69) is 4.90 Å². The third-order valence-electron chi connectivity index (χ3n) is 7.41. The van der Waals surface area contributed by atoms with Gasteiger partial charge in [0.1, 0.15) is 5.75 Å². The second-order valence-electron chi connectivity index (χ2n) is 9.91. The molecule has 0 saturated carbocycles. The Balaban J connectivity index is 1.000. The summed E-state index contributed by atoms with van der Waals surface area (Å²) in [5, 5.41) is 0. The molecule has 3 heterocycles. The van der Waals surface area contributed by atoms with Crippen molar-refractivity contribution in [3.63, 3.8) is 0 Å². The van der Waals surface area contributed by atoms with Crippen molar-refractivity contribution in [3.8, 4) is 17.2 Å². The van der Waals surface area contributed by atoms with E-state index < -0.39 is 10.0 Å². The fourth-order valence-corrected chi connectivity index (χ4v) is 6.81. The lowest BCUT2D eigenvalue weighted by Crippen LogP contribution is -2.49. The number of hydrogen-bond acceptors (Lipinski definition) is 7. The molecule has 0 spiro atoms. The molecule has 39 heavy (non-hydrogen) atoms. The summed E-state index contributed by atoms with van der Waals surface area (Å²) in [7, 11) is -3.69. The predicted octanol–water partition coefficient (Wildman–Crippen LogP) is 3.28. The number of rotatable bonds is 7. The van der Waals surface area contributed by atoms with Crippen LogP contribution in [0.1, 0.15) is 17.5 Å². The first-order valence-corrected chi connectivity index (χ1v) is 14.6. The summed E-state index contributed by atoms with van der Waals surface area (Å²) in [6, 6.07) is 19.9. The van der Waals surface area contributed by atoms with Gasteiger partial charge in [0.15, 0.2) is 18.1 Å². The SMILES string of the molecule is O=C(COc1ccc(S(=O)(=O)N2CCCc3ccccc32)cc1)N1CCN(Cc2ccc3c(c2)OCO3)CC1. The molecule has 1 amide bonds. The van der Waals surface area contributed by atoms with Gasteiger partial charge in [0.2, 0.25) is 6.79 Å². The Morgan fingerprint density at radius 3 is 2.46 bits per heavy atom. The quantitative estimate of drug-likeness (QED) is 0.447. The largest absolute Gasteiger partial charge is 0.484 e. The number of hydrogen-bond donors (Lipinski definition) is 0. The van der Waals surface area contributed by atoms with Crippen LogP contribution in [0, 0.1) is 0 Å². The van der Waals surface area contributed by atoms with Crippen LogP contribution in [-0.2, 0) is 27.8 Å². The first-order chi connectivity index (χ1) is 19.0. The number of carbonyl (C=O) groups is 1. The van der Waals surface area contributed by atoms with Crippen molar-refractivity contribution in [2.75, 3.05) is 50.4 Å². The van der Waals surface area contributed by atoms with Crippen molar-refractivity contribution in [2.45, 2.75) is 24.3 Å². The number of carbonyl (C=O) groups excluding carboxylic acids is 1. The number of amides is 1. The lowest BCUT2D eigenvalue weighted by Gasteiger charge is -2.34. The summed E-state index contributed by atoms with van der Waals surface area (Å²) < 4.78 is 44.7. The van der Waals surface area contributed by atoms with Crippen molar-refractivity contribution < 1.29 is 27.4 Å². The number of sulfonamides is 1. The molecule has 204 valence electrons. The predicted molar refractivity (Wildman–Crippen MR) is 146 cm³/mol. The van der Waals surface area contributed by atoms with Crippen LogP contribution < -0.4 is 18.5 Å². The van der Waals surface area contributed by atoms with Gasteiger partial charge < -0.3 is 19.1 Å². The Hall–Kier alpha value is -3.76. The monoisotopic (exact) mass is 549 g/mol. The summed E-state index contributed by atoms with van der Waals surface area (Å²) in [5.41, 5.74) is 2.93. The Kier molecular flexibility index (Phi) is 7.05. The van der Waals surface area contributed by atoms with E-state index in [1.54, 1.807) is 24.3 Å². The Morgan fingerprint density at radius 1 is 0.872 bits per heavy atom. The Labute approximate surface area is 228 Å². The first-order valence-electron chi connectivity index (χ1n) is 13.2. The van der Waals surface area contributed by atoms with Crippen molar-refractivity contribution in [1.82, 2.24) is 9.80 Å². The molecule has 9 nitrogen and oxygen atoms in total. The first kappa shape index (κ1) is 25.5. The van der Waals surface area contributed by atoms with E-state index in [-0.39, 0.29) is 24.2 Å². The van der Waals surface area contributed by atoms with Gasteiger partial charge in [-0.25, -0.2) is 8.42 Å². The van der Waals surface area contributed by atoms with E-state index in [0.29, 0.717) is 25.4 Å². The van der Waals surface area contributed by atoms with Gasteiger partial charge in [-0.3, -0.25) is 14.0 Å². The van der Waals surface area contributed by atoms with Gasteiger partial charge in [-0.15, -0.1) is 0 Å². The van der Waals surface area contributed by atoms with Crippen LogP contribution in [0.15, 0.2) is 71.6 Å². The molecule has 3 aliphatic rings. The highest BCUT2D eigenvalue weighted by atomic mass is 32.2. The molecule has 0 aromatic heterocycles. The summed E-state index contributed by atoms with van der Waals surface area (Å²) >= 11 is 0. The van der Waals surface area contributed by atoms with Gasteiger partial charge in [0.25, 0.3) is 15.9 Å². The number of ether oxygens (including phenoxy) is 3. The number of benzene rings is 3. The van der Waals surface area contributed by atoms with Crippen LogP contribution in [-0.4, -0.2) is 70.2 Å². The minimum Gasteiger partial charge on any atom is -0.484 e. The van der Waals surface area contributed by atoms with E-state index in [0.717, 1.165) is 60.8 Å². The van der Waals surface area contributed by atoms with Crippen molar-refractivity contribution >= 4 is 21.6 Å². The summed E-state index contributed by atoms with van der Waals surface area (Å²) in [6.07, 6.45) is 1.66. The number of para-hydroxylation sites is 1. The molecule has 0 unspecified atom stereocenters. The minimum absolute atomic E-state index is 0.0839. The van der Waals surface area contributed by atoms with E-state index in [9.17, 15) is 13.2 Å². The molecule has 6 rings (SSSR count). The zero-order valence-corrected chi connectivity index (χ0v) is 22.4. The molecule has 3 aromatic rings. The van der Waals surface area contributed by atoms with Crippen LogP contribution in [0.2, 0.25) is 0 Å². The second kappa shape index (κ2) is 10.8. The molecular weight excluding hydrogens is 518 g/mol. The van der Waals surface area contributed by atoms with E-state index in [4.69, 9.17) is 14.2 Å². The third-order valence-corrected chi connectivity index (χ3v) is 9.24. The smallest absolute Gasteiger partial charge is 0.264 e. The van der Waals surface area contributed by atoms with Crippen LogP contribution >= 0.6 is 0 Å². The van der Waals surface area contributed by atoms with Crippen molar-refractivity contribution in [1.29, 1.82) is 0 Å². The topological polar surface area (TPSA) is 88.6 Å². The number of anilines is 1. The maximum atomic E-state index is 13.3. The second-order valence-corrected chi connectivity index (χ2v) is 11.8. The van der Waals surface area contributed by atoms with Crippen LogP contribution in [0.3, 0.4) is 0 Å². The van der Waals surface area contributed by atoms with E-state index >= 15 is 0 Å². The minimum atomic E-state index is -3.69. The zero-order chi connectivity index (χ0) is 26.8. The summed E-state index contributed by atoms with van der Waals surface area (Å²) in [5.74, 6) is 1.93. The number of nitrogens with zero attached hydrogens (tertiary/aromatic N) is 3. The lowest BCUT2D eigenvalue weighted by molar-refractivity contribution is -0.135. The molecule has 0 radical (unpaired) electrons. The van der Waals surface area contributed by atoms with E-state index in [1.165, 1.54) is 4.31 Å². The molecule has 0 N–H and O–H groups in total. The Morgan fingerprint density at radius 2 is 1.64 bits per heavy atom. The van der Waals surface area contributed by atoms with Crippen molar-refractivity contribution in [2.24, 2.45) is 0 Å². The molecule has 1 fully saturated rings. The molecule has 0 aliphatic carbocycles. The van der Waals surface area contributed by atoms with Gasteiger partial charge >= 0.3 is 0 Å². The van der Waals surface area contributed by atoms with Crippen LogP contribution in [0.4, 0.5) is 5.69 Å². The van der Waals surface area contributed by atoms with Gasteiger partial charge in [-0.05, 0) is 66.4 Å². The molecule has 3 aliphatic heterocycles. The molecule has 1 saturated heterocycles. The van der Waals surface area contributed by atoms with Gasteiger partial charge in [-0.1, -0.05) is 24.3 Å². The van der Waals surface area contributed by atoms with Gasteiger partial charge in [0, 0.05) is 39.3 Å².